The number of aliphatic hydroxyl groups excluding tert-OH is 1. The molecule has 1 unspecified atom stereocenters. The van der Waals surface area contributed by atoms with E-state index in [0.29, 0.717) is 0 Å². The smallest absolute Gasteiger partial charge is 0.0496 e. The molecular weight excluding hydrogens is 198 g/mol. The molecule has 1 aromatic carbocycles. The molecule has 0 bridgehead atoms. The van der Waals surface area contributed by atoms with Gasteiger partial charge in [0.15, 0.2) is 0 Å². The van der Waals surface area contributed by atoms with Gasteiger partial charge in [-0.1, -0.05) is 44.2 Å². The van der Waals surface area contributed by atoms with Gasteiger partial charge < -0.3 is 10.4 Å². The fraction of sp³-hybridized carbons (Fsp3) is 0.571. The Hall–Kier alpha value is -0.860. The van der Waals surface area contributed by atoms with Crippen LogP contribution in [0.5, 0.6) is 0 Å². The Morgan fingerprint density at radius 1 is 1.25 bits per heavy atom. The Kier molecular flexibility index (Phi) is 5.50. The summed E-state index contributed by atoms with van der Waals surface area (Å²) in [7, 11) is 0. The minimum Gasteiger partial charge on any atom is -0.396 e. The highest BCUT2D eigenvalue weighted by atomic mass is 16.3. The summed E-state index contributed by atoms with van der Waals surface area (Å²) in [6.07, 6.45) is 2.05. The molecule has 0 saturated carbocycles. The molecule has 0 spiro atoms. The van der Waals surface area contributed by atoms with E-state index in [9.17, 15) is 5.11 Å². The first-order chi connectivity index (χ1) is 7.70. The lowest BCUT2D eigenvalue weighted by molar-refractivity contribution is 0.136. The molecule has 1 rings (SSSR count). The van der Waals surface area contributed by atoms with Crippen LogP contribution in [0.4, 0.5) is 0 Å². The zero-order valence-electron chi connectivity index (χ0n) is 10.4. The number of benzene rings is 1. The fourth-order valence-electron chi connectivity index (χ4n) is 1.56. The first kappa shape index (κ1) is 13.2. The Morgan fingerprint density at radius 3 is 2.50 bits per heavy atom. The summed E-state index contributed by atoms with van der Waals surface area (Å²) in [5.41, 5.74) is 1.38. The van der Waals surface area contributed by atoms with Gasteiger partial charge in [-0.3, -0.25) is 0 Å². The topological polar surface area (TPSA) is 32.3 Å². The fourth-order valence-corrected chi connectivity index (χ4v) is 1.56. The van der Waals surface area contributed by atoms with E-state index in [1.54, 1.807) is 0 Å². The first-order valence-electron chi connectivity index (χ1n) is 6.06. The summed E-state index contributed by atoms with van der Waals surface area (Å²) >= 11 is 0. The van der Waals surface area contributed by atoms with E-state index >= 15 is 0 Å². The number of rotatable bonds is 7. The molecule has 0 aliphatic heterocycles. The van der Waals surface area contributed by atoms with E-state index < -0.39 is 0 Å². The molecule has 0 fully saturated rings. The van der Waals surface area contributed by atoms with Gasteiger partial charge in [0.2, 0.25) is 0 Å². The second kappa shape index (κ2) is 6.66. The van der Waals surface area contributed by atoms with Gasteiger partial charge in [0, 0.05) is 18.6 Å². The maximum absolute atomic E-state index is 9.26. The van der Waals surface area contributed by atoms with Crippen LogP contribution in [-0.4, -0.2) is 24.8 Å². The largest absolute Gasteiger partial charge is 0.396 e. The Balaban J connectivity index is 2.22. The molecule has 2 N–H and O–H groups in total. The second-order valence-corrected chi connectivity index (χ2v) is 4.73. The third-order valence-electron chi connectivity index (χ3n) is 3.22. The molecule has 16 heavy (non-hydrogen) atoms. The maximum atomic E-state index is 9.26. The normalized spacial score (nSPS) is 14.7. The van der Waals surface area contributed by atoms with Gasteiger partial charge in [0.05, 0.1) is 0 Å². The average molecular weight is 221 g/mol. The summed E-state index contributed by atoms with van der Waals surface area (Å²) < 4.78 is 0. The first-order valence-corrected chi connectivity index (χ1v) is 6.06. The van der Waals surface area contributed by atoms with E-state index in [-0.39, 0.29) is 12.0 Å². The van der Waals surface area contributed by atoms with Crippen molar-refractivity contribution in [2.24, 2.45) is 5.41 Å². The van der Waals surface area contributed by atoms with Crippen molar-refractivity contribution < 1.29 is 5.11 Å². The Labute approximate surface area is 98.7 Å². The van der Waals surface area contributed by atoms with Gasteiger partial charge in [-0.2, -0.15) is 0 Å². The molecule has 0 aliphatic carbocycles. The van der Waals surface area contributed by atoms with Crippen molar-refractivity contribution in [1.82, 2.24) is 5.32 Å². The van der Waals surface area contributed by atoms with Crippen LogP contribution in [0.25, 0.3) is 0 Å². The highest BCUT2D eigenvalue weighted by Gasteiger charge is 2.19. The van der Waals surface area contributed by atoms with Gasteiger partial charge in [-0.15, -0.1) is 0 Å². The molecule has 0 saturated heterocycles. The molecule has 0 aliphatic rings. The van der Waals surface area contributed by atoms with E-state index in [2.05, 4.69) is 43.4 Å². The number of aliphatic hydroxyl groups is 1. The lowest BCUT2D eigenvalue weighted by Gasteiger charge is -2.25. The molecule has 0 amide bonds. The minimum atomic E-state index is 0.0245. The van der Waals surface area contributed by atoms with Crippen LogP contribution >= 0.6 is 0 Å². The van der Waals surface area contributed by atoms with Crippen molar-refractivity contribution >= 4 is 0 Å². The lowest BCUT2D eigenvalue weighted by atomic mass is 9.88. The number of nitrogens with one attached hydrogen (secondary N) is 1. The maximum Gasteiger partial charge on any atom is 0.0496 e. The van der Waals surface area contributed by atoms with Crippen LogP contribution in [0.3, 0.4) is 0 Å². The SMILES string of the molecule is CCC(C)(CO)CNCCc1ccccc1. The van der Waals surface area contributed by atoms with Crippen molar-refractivity contribution in [3.05, 3.63) is 35.9 Å². The van der Waals surface area contributed by atoms with E-state index in [1.165, 1.54) is 5.56 Å². The summed E-state index contributed by atoms with van der Waals surface area (Å²) in [4.78, 5) is 0. The van der Waals surface area contributed by atoms with Crippen molar-refractivity contribution in [3.63, 3.8) is 0 Å². The summed E-state index contributed by atoms with van der Waals surface area (Å²) in [5, 5.41) is 12.7. The third-order valence-corrected chi connectivity index (χ3v) is 3.22. The summed E-state index contributed by atoms with van der Waals surface area (Å²) in [5.74, 6) is 0. The van der Waals surface area contributed by atoms with Gasteiger partial charge in [0.25, 0.3) is 0 Å². The number of hydrogen-bond acceptors (Lipinski definition) is 2. The lowest BCUT2D eigenvalue weighted by Crippen LogP contribution is -2.35. The monoisotopic (exact) mass is 221 g/mol. The highest BCUT2D eigenvalue weighted by molar-refractivity contribution is 5.14. The van der Waals surface area contributed by atoms with Gasteiger partial charge in [-0.25, -0.2) is 0 Å². The van der Waals surface area contributed by atoms with Crippen LogP contribution in [-0.2, 0) is 6.42 Å². The predicted octanol–water partition coefficient (Wildman–Crippen LogP) is 2.23. The average Bonchev–Trinajstić information content (AvgIpc) is 2.36. The van der Waals surface area contributed by atoms with Crippen molar-refractivity contribution in [2.45, 2.75) is 26.7 Å². The summed E-state index contributed by atoms with van der Waals surface area (Å²) in [6, 6.07) is 10.5. The molecule has 90 valence electrons. The van der Waals surface area contributed by atoms with Crippen molar-refractivity contribution in [2.75, 3.05) is 19.7 Å². The van der Waals surface area contributed by atoms with Gasteiger partial charge >= 0.3 is 0 Å². The molecule has 1 aromatic rings. The molecule has 2 nitrogen and oxygen atoms in total. The molecule has 2 heteroatoms. The number of hydrogen-bond donors (Lipinski definition) is 2. The zero-order chi connectivity index (χ0) is 11.9. The second-order valence-electron chi connectivity index (χ2n) is 4.73. The van der Waals surface area contributed by atoms with Crippen LogP contribution < -0.4 is 5.32 Å². The standard InChI is InChI=1S/C14H23NO/c1-3-14(2,12-16)11-15-10-9-13-7-5-4-6-8-13/h4-8,15-16H,3,9-12H2,1-2H3. The summed E-state index contributed by atoms with van der Waals surface area (Å²) in [6.45, 7) is 6.34. The van der Waals surface area contributed by atoms with E-state index in [0.717, 1.165) is 25.9 Å². The molecule has 1 atom stereocenters. The van der Waals surface area contributed by atoms with Crippen molar-refractivity contribution in [3.8, 4) is 0 Å². The Bertz CT molecular complexity index is 280. The zero-order valence-corrected chi connectivity index (χ0v) is 10.4. The van der Waals surface area contributed by atoms with E-state index in [4.69, 9.17) is 0 Å². The van der Waals surface area contributed by atoms with Crippen LogP contribution in [0.2, 0.25) is 0 Å². The van der Waals surface area contributed by atoms with Crippen molar-refractivity contribution in [1.29, 1.82) is 0 Å². The highest BCUT2D eigenvalue weighted by Crippen LogP contribution is 2.18. The quantitative estimate of drug-likeness (QED) is 0.692. The molecule has 0 radical (unpaired) electrons. The van der Waals surface area contributed by atoms with Gasteiger partial charge in [-0.05, 0) is 24.9 Å². The van der Waals surface area contributed by atoms with Crippen LogP contribution in [0, 0.1) is 5.41 Å². The van der Waals surface area contributed by atoms with Gasteiger partial charge in [0.1, 0.15) is 0 Å². The minimum absolute atomic E-state index is 0.0245. The molecular formula is C14H23NO. The Morgan fingerprint density at radius 2 is 1.94 bits per heavy atom. The van der Waals surface area contributed by atoms with E-state index in [1.807, 2.05) is 6.07 Å². The third kappa shape index (κ3) is 4.33. The van der Waals surface area contributed by atoms with Crippen LogP contribution in [0.1, 0.15) is 25.8 Å². The molecule has 0 aromatic heterocycles. The predicted molar refractivity (Wildman–Crippen MR) is 68.5 cm³/mol. The molecule has 0 heterocycles. The van der Waals surface area contributed by atoms with Crippen LogP contribution in [0.15, 0.2) is 30.3 Å².